The van der Waals surface area contributed by atoms with E-state index in [2.05, 4.69) is 51.2 Å². The third-order valence-corrected chi connectivity index (χ3v) is 3.56. The van der Waals surface area contributed by atoms with Crippen LogP contribution in [-0.4, -0.2) is 25.8 Å². The van der Waals surface area contributed by atoms with E-state index >= 15 is 0 Å². The molecule has 0 spiro atoms. The molecular formula is C15H23NO. The molecule has 1 aliphatic rings. The predicted molar refractivity (Wildman–Crippen MR) is 71.6 cm³/mol. The van der Waals surface area contributed by atoms with E-state index in [9.17, 15) is 0 Å². The molecule has 0 aliphatic carbocycles. The van der Waals surface area contributed by atoms with Gasteiger partial charge in [-0.3, -0.25) is 0 Å². The van der Waals surface area contributed by atoms with Crippen molar-refractivity contribution in [2.45, 2.75) is 39.2 Å². The normalized spacial score (nSPS) is 18.2. The summed E-state index contributed by atoms with van der Waals surface area (Å²) in [5.41, 5.74) is 4.36. The fourth-order valence-corrected chi connectivity index (χ4v) is 2.51. The van der Waals surface area contributed by atoms with Crippen molar-refractivity contribution >= 4 is 0 Å². The van der Waals surface area contributed by atoms with Crippen LogP contribution < -0.4 is 5.32 Å². The first kappa shape index (κ1) is 12.6. The first-order valence-electron chi connectivity index (χ1n) is 6.42. The zero-order valence-corrected chi connectivity index (χ0v) is 11.3. The van der Waals surface area contributed by atoms with Gasteiger partial charge in [-0.25, -0.2) is 0 Å². The molecule has 1 aromatic rings. The Morgan fingerprint density at radius 3 is 2.47 bits per heavy atom. The maximum Gasteiger partial charge on any atom is 0.0598 e. The van der Waals surface area contributed by atoms with E-state index in [-0.39, 0.29) is 5.41 Å². The van der Waals surface area contributed by atoms with Crippen molar-refractivity contribution < 1.29 is 4.74 Å². The van der Waals surface area contributed by atoms with Crippen LogP contribution in [0.25, 0.3) is 0 Å². The lowest BCUT2D eigenvalue weighted by Gasteiger charge is -2.43. The first-order chi connectivity index (χ1) is 8.03. The molecule has 17 heavy (non-hydrogen) atoms. The molecule has 0 aromatic heterocycles. The topological polar surface area (TPSA) is 21.3 Å². The van der Waals surface area contributed by atoms with Crippen LogP contribution >= 0.6 is 0 Å². The summed E-state index contributed by atoms with van der Waals surface area (Å²) in [6, 6.07) is 7.27. The van der Waals surface area contributed by atoms with Crippen molar-refractivity contribution in [1.82, 2.24) is 5.32 Å². The van der Waals surface area contributed by atoms with Gasteiger partial charge in [-0.15, -0.1) is 0 Å². The summed E-state index contributed by atoms with van der Waals surface area (Å²) in [7, 11) is 0. The van der Waals surface area contributed by atoms with E-state index in [1.165, 1.54) is 16.7 Å². The van der Waals surface area contributed by atoms with Gasteiger partial charge >= 0.3 is 0 Å². The van der Waals surface area contributed by atoms with E-state index in [1.807, 2.05) is 0 Å². The summed E-state index contributed by atoms with van der Waals surface area (Å²) < 4.78 is 5.47. The summed E-state index contributed by atoms with van der Waals surface area (Å²) >= 11 is 0. The fraction of sp³-hybridized carbons (Fsp3) is 0.600. The molecule has 0 bridgehead atoms. The Hall–Kier alpha value is -0.860. The Morgan fingerprint density at radius 2 is 2.00 bits per heavy atom. The lowest BCUT2D eigenvalue weighted by molar-refractivity contribution is -0.0600. The summed E-state index contributed by atoms with van der Waals surface area (Å²) in [6.07, 6.45) is 0. The van der Waals surface area contributed by atoms with Crippen LogP contribution in [0.1, 0.15) is 30.5 Å². The van der Waals surface area contributed by atoms with Crippen LogP contribution in [0, 0.1) is 13.8 Å². The molecule has 1 N–H and O–H groups in total. The fourth-order valence-electron chi connectivity index (χ4n) is 2.51. The first-order valence-corrected chi connectivity index (χ1v) is 6.42. The molecule has 94 valence electrons. The zero-order valence-electron chi connectivity index (χ0n) is 11.3. The molecule has 0 saturated carbocycles. The van der Waals surface area contributed by atoms with E-state index < -0.39 is 0 Å². The molecule has 0 atom stereocenters. The highest BCUT2D eigenvalue weighted by Crippen LogP contribution is 2.34. The van der Waals surface area contributed by atoms with Crippen LogP contribution in [0.4, 0.5) is 0 Å². The van der Waals surface area contributed by atoms with Gasteiger partial charge < -0.3 is 10.1 Å². The number of benzene rings is 1. The van der Waals surface area contributed by atoms with Crippen molar-refractivity contribution in [3.8, 4) is 0 Å². The van der Waals surface area contributed by atoms with Crippen molar-refractivity contribution in [2.75, 3.05) is 19.8 Å². The highest BCUT2D eigenvalue weighted by atomic mass is 16.5. The minimum atomic E-state index is 0.196. The van der Waals surface area contributed by atoms with Gasteiger partial charge in [-0.1, -0.05) is 37.6 Å². The number of ether oxygens (including phenoxy) is 1. The van der Waals surface area contributed by atoms with Crippen molar-refractivity contribution in [3.05, 3.63) is 34.9 Å². The molecule has 2 heteroatoms. The molecule has 2 rings (SSSR count). The van der Waals surface area contributed by atoms with Crippen LogP contribution in [0.5, 0.6) is 0 Å². The molecule has 2 nitrogen and oxygen atoms in total. The third kappa shape index (κ3) is 2.53. The second-order valence-electron chi connectivity index (χ2n) is 5.63. The van der Waals surface area contributed by atoms with Gasteiger partial charge in [-0.05, 0) is 25.0 Å². The Morgan fingerprint density at radius 1 is 1.29 bits per heavy atom. The number of nitrogens with one attached hydrogen (secondary N) is 1. The standard InChI is InChI=1S/C15H23NO/c1-11(2)16-8-15(9-17-10-15)14-6-5-12(3)7-13(14)4/h5-7,11,16H,8-10H2,1-4H3. The van der Waals surface area contributed by atoms with Crippen molar-refractivity contribution in [3.63, 3.8) is 0 Å². The quantitative estimate of drug-likeness (QED) is 0.863. The molecule has 0 amide bonds. The minimum Gasteiger partial charge on any atom is -0.379 e. The molecule has 1 heterocycles. The average molecular weight is 233 g/mol. The second-order valence-corrected chi connectivity index (χ2v) is 5.63. The zero-order chi connectivity index (χ0) is 12.5. The van der Waals surface area contributed by atoms with Gasteiger partial charge in [0.1, 0.15) is 0 Å². The summed E-state index contributed by atoms with van der Waals surface area (Å²) in [5, 5.41) is 3.55. The van der Waals surface area contributed by atoms with Gasteiger partial charge in [0.15, 0.2) is 0 Å². The smallest absolute Gasteiger partial charge is 0.0598 e. The van der Waals surface area contributed by atoms with Crippen LogP contribution in [0.3, 0.4) is 0 Å². The summed E-state index contributed by atoms with van der Waals surface area (Å²) in [5.74, 6) is 0. The predicted octanol–water partition coefficient (Wildman–Crippen LogP) is 2.57. The van der Waals surface area contributed by atoms with E-state index in [0.29, 0.717) is 6.04 Å². The van der Waals surface area contributed by atoms with Gasteiger partial charge in [0.2, 0.25) is 0 Å². The average Bonchev–Trinajstić information content (AvgIpc) is 2.18. The van der Waals surface area contributed by atoms with Gasteiger partial charge in [0, 0.05) is 12.6 Å². The summed E-state index contributed by atoms with van der Waals surface area (Å²) in [6.45, 7) is 11.4. The monoisotopic (exact) mass is 233 g/mol. The number of aryl methyl sites for hydroxylation is 2. The lowest BCUT2D eigenvalue weighted by Crippen LogP contribution is -2.54. The highest BCUT2D eigenvalue weighted by molar-refractivity contribution is 5.38. The van der Waals surface area contributed by atoms with Crippen LogP contribution in [0.2, 0.25) is 0 Å². The highest BCUT2D eigenvalue weighted by Gasteiger charge is 2.41. The van der Waals surface area contributed by atoms with Gasteiger partial charge in [0.25, 0.3) is 0 Å². The maximum atomic E-state index is 5.47. The molecule has 0 radical (unpaired) electrons. The third-order valence-electron chi connectivity index (χ3n) is 3.56. The second kappa shape index (κ2) is 4.79. The Labute approximate surface area is 104 Å². The lowest BCUT2D eigenvalue weighted by atomic mass is 9.76. The number of hydrogen-bond donors (Lipinski definition) is 1. The van der Waals surface area contributed by atoms with Gasteiger partial charge in [0.05, 0.1) is 18.6 Å². The Kier molecular flexibility index (Phi) is 3.55. The minimum absolute atomic E-state index is 0.196. The SMILES string of the molecule is Cc1ccc(C2(CNC(C)C)COC2)c(C)c1. The molecule has 0 unspecified atom stereocenters. The molecule has 1 aromatic carbocycles. The van der Waals surface area contributed by atoms with Gasteiger partial charge in [-0.2, -0.15) is 0 Å². The van der Waals surface area contributed by atoms with Crippen molar-refractivity contribution in [1.29, 1.82) is 0 Å². The summed E-state index contributed by atoms with van der Waals surface area (Å²) in [4.78, 5) is 0. The molecule has 1 saturated heterocycles. The maximum absolute atomic E-state index is 5.47. The Bertz CT molecular complexity index is 394. The Balaban J connectivity index is 2.22. The molecular weight excluding hydrogens is 210 g/mol. The van der Waals surface area contributed by atoms with Crippen molar-refractivity contribution in [2.24, 2.45) is 0 Å². The molecule has 1 aliphatic heterocycles. The number of rotatable bonds is 4. The van der Waals surface area contributed by atoms with E-state index in [0.717, 1.165) is 19.8 Å². The van der Waals surface area contributed by atoms with Crippen LogP contribution in [0.15, 0.2) is 18.2 Å². The van der Waals surface area contributed by atoms with Crippen LogP contribution in [-0.2, 0) is 10.2 Å². The van der Waals surface area contributed by atoms with E-state index in [4.69, 9.17) is 4.74 Å². The molecule has 1 fully saturated rings. The van der Waals surface area contributed by atoms with E-state index in [1.54, 1.807) is 0 Å². The number of hydrogen-bond acceptors (Lipinski definition) is 2. The largest absolute Gasteiger partial charge is 0.379 e.